The number of hydrogen-bond acceptors (Lipinski definition) is 7. The van der Waals surface area contributed by atoms with Crippen LogP contribution >= 0.6 is 11.8 Å². The molecule has 2 aromatic heterocycles. The zero-order chi connectivity index (χ0) is 14.7. The minimum Gasteiger partial charge on any atom is -0.497 e. The molecule has 0 radical (unpaired) electrons. The topological polar surface area (TPSA) is 78.9 Å². The Bertz CT molecular complexity index is 722. The number of aryl methyl sites for hydroxylation is 1. The molecule has 21 heavy (non-hydrogen) atoms. The van der Waals surface area contributed by atoms with Crippen LogP contribution < -0.4 is 4.74 Å². The van der Waals surface area contributed by atoms with E-state index in [9.17, 15) is 0 Å². The van der Waals surface area contributed by atoms with Crippen LogP contribution in [-0.2, 0) is 12.8 Å². The Balaban J connectivity index is 1.69. The fourth-order valence-corrected chi connectivity index (χ4v) is 2.42. The van der Waals surface area contributed by atoms with Crippen molar-refractivity contribution in [1.82, 2.24) is 25.0 Å². The van der Waals surface area contributed by atoms with Crippen LogP contribution in [0.3, 0.4) is 0 Å². The maximum Gasteiger partial charge on any atom is 0.247 e. The molecule has 0 spiro atoms. The van der Waals surface area contributed by atoms with Gasteiger partial charge < -0.3 is 13.7 Å². The molecule has 0 aliphatic carbocycles. The fraction of sp³-hybridized carbons (Fsp3) is 0.231. The van der Waals surface area contributed by atoms with Crippen molar-refractivity contribution in [3.05, 3.63) is 36.5 Å². The largest absolute Gasteiger partial charge is 0.497 e. The number of ether oxygens (including phenoxy) is 1. The summed E-state index contributed by atoms with van der Waals surface area (Å²) in [6, 6.07) is 7.47. The minimum atomic E-state index is 0.492. The van der Waals surface area contributed by atoms with Gasteiger partial charge in [0.2, 0.25) is 11.8 Å². The van der Waals surface area contributed by atoms with E-state index in [4.69, 9.17) is 9.15 Å². The highest BCUT2D eigenvalue weighted by molar-refractivity contribution is 7.98. The highest BCUT2D eigenvalue weighted by Gasteiger charge is 2.10. The molecule has 0 bridgehead atoms. The summed E-state index contributed by atoms with van der Waals surface area (Å²) in [5, 5.41) is 16.7. The number of rotatable bonds is 5. The van der Waals surface area contributed by atoms with Gasteiger partial charge in [-0.2, -0.15) is 0 Å². The summed E-state index contributed by atoms with van der Waals surface area (Å²) in [7, 11) is 3.52. The Morgan fingerprint density at radius 3 is 2.67 bits per heavy atom. The minimum absolute atomic E-state index is 0.492. The summed E-state index contributed by atoms with van der Waals surface area (Å²) in [6.45, 7) is 0. The van der Waals surface area contributed by atoms with E-state index >= 15 is 0 Å². The second-order valence-corrected chi connectivity index (χ2v) is 5.19. The Morgan fingerprint density at radius 1 is 1.19 bits per heavy atom. The van der Waals surface area contributed by atoms with Crippen LogP contribution in [0.4, 0.5) is 0 Å². The third-order valence-corrected chi connectivity index (χ3v) is 3.82. The molecular formula is C13H13N5O2S. The van der Waals surface area contributed by atoms with Crippen molar-refractivity contribution in [1.29, 1.82) is 0 Å². The van der Waals surface area contributed by atoms with Crippen LogP contribution in [0.5, 0.6) is 5.75 Å². The molecule has 0 N–H and O–H groups in total. The number of methoxy groups -OCH3 is 1. The van der Waals surface area contributed by atoms with E-state index in [0.29, 0.717) is 17.5 Å². The SMILES string of the molecule is COc1ccc(-c2nnc(CSc3nncn3C)o2)cc1. The third-order valence-electron chi connectivity index (χ3n) is 2.80. The van der Waals surface area contributed by atoms with Gasteiger partial charge in [-0.3, -0.25) is 0 Å². The molecule has 0 unspecified atom stereocenters. The van der Waals surface area contributed by atoms with Crippen molar-refractivity contribution in [2.45, 2.75) is 10.9 Å². The first kappa shape index (κ1) is 13.6. The van der Waals surface area contributed by atoms with Crippen molar-refractivity contribution in [3.8, 4) is 17.2 Å². The van der Waals surface area contributed by atoms with E-state index in [1.165, 1.54) is 11.8 Å². The van der Waals surface area contributed by atoms with Gasteiger partial charge in [-0.15, -0.1) is 20.4 Å². The maximum absolute atomic E-state index is 5.64. The Hall–Kier alpha value is -2.35. The summed E-state index contributed by atoms with van der Waals surface area (Å²) in [5.74, 6) is 2.38. The van der Waals surface area contributed by atoms with Crippen LogP contribution in [0.25, 0.3) is 11.5 Å². The highest BCUT2D eigenvalue weighted by atomic mass is 32.2. The van der Waals surface area contributed by atoms with Crippen molar-refractivity contribution in [2.75, 3.05) is 7.11 Å². The summed E-state index contributed by atoms with van der Waals surface area (Å²) in [6.07, 6.45) is 1.65. The van der Waals surface area contributed by atoms with Gasteiger partial charge in [0.05, 0.1) is 12.9 Å². The quantitative estimate of drug-likeness (QED) is 0.668. The number of hydrogen-bond donors (Lipinski definition) is 0. The normalized spacial score (nSPS) is 10.8. The van der Waals surface area contributed by atoms with Crippen LogP contribution in [0, 0.1) is 0 Å². The second-order valence-electron chi connectivity index (χ2n) is 4.24. The van der Waals surface area contributed by atoms with E-state index in [0.717, 1.165) is 16.5 Å². The zero-order valence-electron chi connectivity index (χ0n) is 11.6. The van der Waals surface area contributed by atoms with Gasteiger partial charge in [0.25, 0.3) is 0 Å². The van der Waals surface area contributed by atoms with Crippen molar-refractivity contribution >= 4 is 11.8 Å². The smallest absolute Gasteiger partial charge is 0.247 e. The summed E-state index contributed by atoms with van der Waals surface area (Å²) >= 11 is 1.49. The molecule has 0 saturated heterocycles. The molecule has 0 fully saturated rings. The lowest BCUT2D eigenvalue weighted by atomic mass is 10.2. The lowest BCUT2D eigenvalue weighted by molar-refractivity contribution is 0.415. The third kappa shape index (κ3) is 3.05. The van der Waals surface area contributed by atoms with Gasteiger partial charge in [-0.05, 0) is 24.3 Å². The van der Waals surface area contributed by atoms with Crippen LogP contribution in [-0.4, -0.2) is 32.1 Å². The second kappa shape index (κ2) is 5.96. The van der Waals surface area contributed by atoms with Gasteiger partial charge >= 0.3 is 0 Å². The first-order chi connectivity index (χ1) is 10.3. The molecule has 7 nitrogen and oxygen atoms in total. The lowest BCUT2D eigenvalue weighted by Gasteiger charge is -1.99. The van der Waals surface area contributed by atoms with Crippen LogP contribution in [0.15, 0.2) is 40.2 Å². The molecule has 0 atom stereocenters. The molecule has 3 rings (SSSR count). The molecule has 3 aromatic rings. The number of aromatic nitrogens is 5. The average Bonchev–Trinajstić information content (AvgIpc) is 3.14. The van der Waals surface area contributed by atoms with Crippen molar-refractivity contribution in [3.63, 3.8) is 0 Å². The van der Waals surface area contributed by atoms with E-state index < -0.39 is 0 Å². The molecular weight excluding hydrogens is 290 g/mol. The van der Waals surface area contributed by atoms with E-state index in [1.807, 2.05) is 35.9 Å². The Kier molecular flexibility index (Phi) is 3.87. The highest BCUT2D eigenvalue weighted by Crippen LogP contribution is 2.24. The predicted octanol–water partition coefficient (Wildman–Crippen LogP) is 2.17. The molecule has 0 aliphatic rings. The predicted molar refractivity (Wildman–Crippen MR) is 76.9 cm³/mol. The summed E-state index contributed by atoms with van der Waals surface area (Å²) in [5.41, 5.74) is 0.859. The zero-order valence-corrected chi connectivity index (χ0v) is 12.4. The van der Waals surface area contributed by atoms with Crippen LogP contribution in [0.2, 0.25) is 0 Å². The maximum atomic E-state index is 5.64. The first-order valence-corrected chi connectivity index (χ1v) is 7.18. The molecule has 0 aliphatic heterocycles. The average molecular weight is 303 g/mol. The standard InChI is InChI=1S/C13H13N5O2S/c1-18-8-14-17-13(18)21-7-11-15-16-12(20-11)9-3-5-10(19-2)6-4-9/h3-6,8H,7H2,1-2H3. The number of benzene rings is 1. The number of nitrogens with zero attached hydrogens (tertiary/aromatic N) is 5. The van der Waals surface area contributed by atoms with Gasteiger partial charge in [0.1, 0.15) is 12.1 Å². The molecule has 0 saturated carbocycles. The Morgan fingerprint density at radius 2 is 2.00 bits per heavy atom. The molecule has 8 heteroatoms. The van der Waals surface area contributed by atoms with Gasteiger partial charge in [0.15, 0.2) is 5.16 Å². The first-order valence-electron chi connectivity index (χ1n) is 6.20. The monoisotopic (exact) mass is 303 g/mol. The molecule has 1 aromatic carbocycles. The summed E-state index contributed by atoms with van der Waals surface area (Å²) in [4.78, 5) is 0. The molecule has 0 amide bonds. The number of thioether (sulfide) groups is 1. The lowest BCUT2D eigenvalue weighted by Crippen LogP contribution is -1.89. The Labute approximate surface area is 125 Å². The summed E-state index contributed by atoms with van der Waals surface area (Å²) < 4.78 is 12.6. The molecule has 2 heterocycles. The van der Waals surface area contributed by atoms with Crippen molar-refractivity contribution in [2.24, 2.45) is 7.05 Å². The molecule has 108 valence electrons. The van der Waals surface area contributed by atoms with Crippen LogP contribution in [0.1, 0.15) is 5.89 Å². The fourth-order valence-electron chi connectivity index (χ4n) is 1.69. The van der Waals surface area contributed by atoms with E-state index in [2.05, 4.69) is 20.4 Å². The van der Waals surface area contributed by atoms with Crippen molar-refractivity contribution < 1.29 is 9.15 Å². The van der Waals surface area contributed by atoms with E-state index in [-0.39, 0.29) is 0 Å². The van der Waals surface area contributed by atoms with E-state index in [1.54, 1.807) is 13.4 Å². The van der Waals surface area contributed by atoms with Gasteiger partial charge in [0, 0.05) is 12.6 Å². The van der Waals surface area contributed by atoms with Gasteiger partial charge in [-0.1, -0.05) is 11.8 Å². The van der Waals surface area contributed by atoms with Gasteiger partial charge in [-0.25, -0.2) is 0 Å².